The molecule has 2 rings (SSSR count). The number of piperidine rings is 1. The number of urea groups is 1. The smallest absolute Gasteiger partial charge is 0.317 e. The maximum absolute atomic E-state index is 13.4. The molecule has 5 nitrogen and oxygen atoms in total. The van der Waals surface area contributed by atoms with Crippen LogP contribution in [0.5, 0.6) is 0 Å². The Morgan fingerprint density at radius 2 is 2.14 bits per heavy atom. The van der Waals surface area contributed by atoms with Crippen LogP contribution < -0.4 is 5.32 Å². The minimum absolute atomic E-state index is 0.237. The van der Waals surface area contributed by atoms with Crippen LogP contribution in [0.25, 0.3) is 0 Å². The van der Waals surface area contributed by atoms with Gasteiger partial charge in [0, 0.05) is 19.6 Å². The first-order valence-electron chi connectivity index (χ1n) is 7.07. The summed E-state index contributed by atoms with van der Waals surface area (Å²) in [6, 6.07) is 6.17. The lowest BCUT2D eigenvalue weighted by molar-refractivity contribution is -0.143. The van der Waals surface area contributed by atoms with E-state index in [2.05, 4.69) is 5.32 Å². The first-order chi connectivity index (χ1) is 10.1. The summed E-state index contributed by atoms with van der Waals surface area (Å²) in [5.41, 5.74) is 0.555. The fraction of sp³-hybridized carbons (Fsp3) is 0.467. The molecule has 0 spiro atoms. The Bertz CT molecular complexity index is 521. The molecule has 1 atom stereocenters. The first-order valence-corrected chi connectivity index (χ1v) is 7.07. The van der Waals surface area contributed by atoms with Gasteiger partial charge in [-0.15, -0.1) is 0 Å². The van der Waals surface area contributed by atoms with Crippen molar-refractivity contribution in [2.75, 3.05) is 19.6 Å². The Labute approximate surface area is 122 Å². The van der Waals surface area contributed by atoms with Gasteiger partial charge in [-0.05, 0) is 30.9 Å². The van der Waals surface area contributed by atoms with Gasteiger partial charge in [0.25, 0.3) is 0 Å². The molecule has 114 valence electrons. The van der Waals surface area contributed by atoms with Gasteiger partial charge in [0.2, 0.25) is 0 Å². The lowest BCUT2D eigenvalue weighted by Gasteiger charge is -2.30. The molecule has 0 bridgehead atoms. The number of likely N-dealkylation sites (tertiary alicyclic amines) is 1. The van der Waals surface area contributed by atoms with Crippen LogP contribution in [0.2, 0.25) is 0 Å². The van der Waals surface area contributed by atoms with E-state index in [1.807, 2.05) is 0 Å². The number of carboxylic acids is 1. The molecule has 2 N–H and O–H groups in total. The normalized spacial score (nSPS) is 18.3. The van der Waals surface area contributed by atoms with Gasteiger partial charge in [0.05, 0.1) is 5.92 Å². The number of hydrogen-bond donors (Lipinski definition) is 2. The van der Waals surface area contributed by atoms with E-state index in [1.165, 1.54) is 11.0 Å². The second-order valence-corrected chi connectivity index (χ2v) is 5.20. The van der Waals surface area contributed by atoms with Crippen molar-refractivity contribution in [1.82, 2.24) is 10.2 Å². The average molecular weight is 294 g/mol. The zero-order chi connectivity index (χ0) is 15.2. The SMILES string of the molecule is O=C(O)[C@@H]1CCCN(C(=O)NCCc2ccccc2F)C1. The predicted molar refractivity (Wildman–Crippen MR) is 75.4 cm³/mol. The number of benzene rings is 1. The summed E-state index contributed by atoms with van der Waals surface area (Å²) < 4.78 is 13.4. The Balaban J connectivity index is 1.79. The summed E-state index contributed by atoms with van der Waals surface area (Å²) in [4.78, 5) is 24.4. The molecule has 1 aromatic rings. The van der Waals surface area contributed by atoms with Gasteiger partial charge >= 0.3 is 12.0 Å². The third-order valence-corrected chi connectivity index (χ3v) is 3.69. The fourth-order valence-electron chi connectivity index (χ4n) is 2.48. The third-order valence-electron chi connectivity index (χ3n) is 3.69. The number of carbonyl (C=O) groups is 2. The fourth-order valence-corrected chi connectivity index (χ4v) is 2.48. The Kier molecular flexibility index (Phi) is 5.14. The lowest BCUT2D eigenvalue weighted by atomic mass is 9.99. The molecule has 0 aliphatic carbocycles. The van der Waals surface area contributed by atoms with E-state index in [1.54, 1.807) is 18.2 Å². The van der Waals surface area contributed by atoms with Crippen LogP contribution in [0.3, 0.4) is 0 Å². The quantitative estimate of drug-likeness (QED) is 0.890. The van der Waals surface area contributed by atoms with E-state index in [-0.39, 0.29) is 18.4 Å². The molecular weight excluding hydrogens is 275 g/mol. The molecule has 0 unspecified atom stereocenters. The number of carbonyl (C=O) groups excluding carboxylic acids is 1. The molecule has 1 fully saturated rings. The zero-order valence-corrected chi connectivity index (χ0v) is 11.7. The molecule has 1 aliphatic rings. The monoisotopic (exact) mass is 294 g/mol. The molecule has 1 aliphatic heterocycles. The minimum atomic E-state index is -0.862. The van der Waals surface area contributed by atoms with Crippen LogP contribution in [0, 0.1) is 11.7 Å². The van der Waals surface area contributed by atoms with Crippen LogP contribution in [0.1, 0.15) is 18.4 Å². The van der Waals surface area contributed by atoms with Crippen molar-refractivity contribution < 1.29 is 19.1 Å². The van der Waals surface area contributed by atoms with E-state index < -0.39 is 11.9 Å². The number of nitrogens with zero attached hydrogens (tertiary/aromatic N) is 1. The second kappa shape index (κ2) is 7.06. The van der Waals surface area contributed by atoms with E-state index in [0.29, 0.717) is 37.9 Å². The number of nitrogens with one attached hydrogen (secondary N) is 1. The number of hydrogen-bond acceptors (Lipinski definition) is 2. The number of carboxylic acid groups (broad SMARTS) is 1. The third kappa shape index (κ3) is 4.18. The Hall–Kier alpha value is -2.11. The molecule has 1 saturated heterocycles. The molecule has 0 aromatic heterocycles. The highest BCUT2D eigenvalue weighted by Crippen LogP contribution is 2.16. The number of amides is 2. The Morgan fingerprint density at radius 1 is 1.38 bits per heavy atom. The largest absolute Gasteiger partial charge is 0.481 e. The van der Waals surface area contributed by atoms with Gasteiger partial charge in [-0.25, -0.2) is 9.18 Å². The van der Waals surface area contributed by atoms with E-state index in [4.69, 9.17) is 5.11 Å². The van der Waals surface area contributed by atoms with Gasteiger partial charge in [-0.1, -0.05) is 18.2 Å². The number of halogens is 1. The summed E-state index contributed by atoms with van der Waals surface area (Å²) in [6.45, 7) is 1.13. The van der Waals surface area contributed by atoms with Crippen LogP contribution >= 0.6 is 0 Å². The van der Waals surface area contributed by atoms with Crippen molar-refractivity contribution in [2.24, 2.45) is 5.92 Å². The van der Waals surface area contributed by atoms with Gasteiger partial charge in [-0.2, -0.15) is 0 Å². The Morgan fingerprint density at radius 3 is 2.86 bits per heavy atom. The van der Waals surface area contributed by atoms with Crippen LogP contribution in [0.4, 0.5) is 9.18 Å². The van der Waals surface area contributed by atoms with Crippen molar-refractivity contribution in [3.8, 4) is 0 Å². The van der Waals surface area contributed by atoms with Crippen molar-refractivity contribution in [3.05, 3.63) is 35.6 Å². The summed E-state index contributed by atoms with van der Waals surface area (Å²) in [5.74, 6) is -1.63. The molecule has 2 amide bonds. The van der Waals surface area contributed by atoms with Crippen LogP contribution in [-0.2, 0) is 11.2 Å². The topological polar surface area (TPSA) is 69.6 Å². The maximum Gasteiger partial charge on any atom is 0.317 e. The minimum Gasteiger partial charge on any atom is -0.481 e. The van der Waals surface area contributed by atoms with Crippen molar-refractivity contribution in [2.45, 2.75) is 19.3 Å². The standard InChI is InChI=1S/C15H19FN2O3/c16-13-6-2-1-4-11(13)7-8-17-15(21)18-9-3-5-12(10-18)14(19)20/h1-2,4,6,12H,3,5,7-10H2,(H,17,21)(H,19,20)/t12-/m1/s1. The summed E-state index contributed by atoms with van der Waals surface area (Å²) in [7, 11) is 0. The molecule has 0 saturated carbocycles. The van der Waals surface area contributed by atoms with Gasteiger partial charge in [0.1, 0.15) is 5.82 Å². The number of aliphatic carboxylic acids is 1. The van der Waals surface area contributed by atoms with E-state index >= 15 is 0 Å². The molecule has 21 heavy (non-hydrogen) atoms. The summed E-state index contributed by atoms with van der Waals surface area (Å²) in [6.07, 6.45) is 1.71. The molecule has 1 heterocycles. The van der Waals surface area contributed by atoms with Gasteiger partial charge in [-0.3, -0.25) is 4.79 Å². The van der Waals surface area contributed by atoms with Crippen molar-refractivity contribution >= 4 is 12.0 Å². The predicted octanol–water partition coefficient (Wildman–Crippen LogP) is 1.87. The summed E-state index contributed by atoms with van der Waals surface area (Å²) in [5, 5.41) is 11.7. The van der Waals surface area contributed by atoms with Crippen molar-refractivity contribution in [3.63, 3.8) is 0 Å². The second-order valence-electron chi connectivity index (χ2n) is 5.20. The van der Waals surface area contributed by atoms with Crippen LogP contribution in [-0.4, -0.2) is 41.6 Å². The first kappa shape index (κ1) is 15.3. The van der Waals surface area contributed by atoms with Crippen LogP contribution in [0.15, 0.2) is 24.3 Å². The summed E-state index contributed by atoms with van der Waals surface area (Å²) >= 11 is 0. The molecular formula is C15H19FN2O3. The highest BCUT2D eigenvalue weighted by molar-refractivity contribution is 5.76. The van der Waals surface area contributed by atoms with E-state index in [0.717, 1.165) is 0 Å². The van der Waals surface area contributed by atoms with Crippen molar-refractivity contribution in [1.29, 1.82) is 0 Å². The highest BCUT2D eigenvalue weighted by Gasteiger charge is 2.27. The van der Waals surface area contributed by atoms with E-state index in [9.17, 15) is 14.0 Å². The molecule has 6 heteroatoms. The number of rotatable bonds is 4. The highest BCUT2D eigenvalue weighted by atomic mass is 19.1. The van der Waals surface area contributed by atoms with Gasteiger partial charge < -0.3 is 15.3 Å². The molecule has 0 radical (unpaired) electrons. The van der Waals surface area contributed by atoms with Gasteiger partial charge in [0.15, 0.2) is 0 Å². The lowest BCUT2D eigenvalue weighted by Crippen LogP contribution is -2.47. The average Bonchev–Trinajstić information content (AvgIpc) is 2.49. The molecule has 1 aromatic carbocycles. The zero-order valence-electron chi connectivity index (χ0n) is 11.7. The maximum atomic E-state index is 13.4.